The maximum Gasteiger partial charge on any atom is 0.129 e. The second-order valence-corrected chi connectivity index (χ2v) is 1.70. The Balaban J connectivity index is 2.83. The van der Waals surface area contributed by atoms with Gasteiger partial charge in [-0.2, -0.15) is 0 Å². The van der Waals surface area contributed by atoms with Crippen LogP contribution in [0.2, 0.25) is 6.04 Å². The van der Waals surface area contributed by atoms with Crippen molar-refractivity contribution in [1.29, 1.82) is 0 Å². The van der Waals surface area contributed by atoms with E-state index in [0.29, 0.717) is 6.42 Å². The van der Waals surface area contributed by atoms with Gasteiger partial charge in [0, 0.05) is 16.7 Å². The molecular formula is C4H7OSi. The lowest BCUT2D eigenvalue weighted by atomic mass is 10.4. The van der Waals surface area contributed by atoms with Crippen LogP contribution >= 0.6 is 0 Å². The van der Waals surface area contributed by atoms with Crippen molar-refractivity contribution in [2.75, 3.05) is 0 Å². The normalized spacial score (nSPS) is 8.33. The fourth-order valence-corrected chi connectivity index (χ4v) is 0.528. The van der Waals surface area contributed by atoms with Crippen molar-refractivity contribution < 1.29 is 4.79 Å². The van der Waals surface area contributed by atoms with E-state index in [1.165, 1.54) is 0 Å². The van der Waals surface area contributed by atoms with E-state index in [4.69, 9.17) is 0 Å². The molecule has 0 aromatic carbocycles. The number of rotatable bonds is 2. The molecule has 3 radical (unpaired) electrons. The molecule has 0 atom stereocenters. The summed E-state index contributed by atoms with van der Waals surface area (Å²) in [7, 11) is 3.17. The molecule has 0 saturated carbocycles. The molecule has 0 aliphatic carbocycles. The van der Waals surface area contributed by atoms with E-state index < -0.39 is 0 Å². The topological polar surface area (TPSA) is 17.1 Å². The van der Waals surface area contributed by atoms with Gasteiger partial charge in [0.2, 0.25) is 0 Å². The number of ketones is 1. The van der Waals surface area contributed by atoms with Crippen LogP contribution in [0.15, 0.2) is 0 Å². The average Bonchev–Trinajstić information content (AvgIpc) is 1.35. The third-order valence-electron chi connectivity index (χ3n) is 0.477. The van der Waals surface area contributed by atoms with Crippen molar-refractivity contribution >= 4 is 16.0 Å². The summed E-state index contributed by atoms with van der Waals surface area (Å²) in [6.07, 6.45) is 0.650. The average molecular weight is 99.2 g/mol. The summed E-state index contributed by atoms with van der Waals surface area (Å²) in [5.74, 6) is 0.241. The van der Waals surface area contributed by atoms with Crippen LogP contribution in [0.5, 0.6) is 0 Å². The van der Waals surface area contributed by atoms with Crippen molar-refractivity contribution in [2.24, 2.45) is 0 Å². The van der Waals surface area contributed by atoms with Gasteiger partial charge in [-0.1, -0.05) is 6.04 Å². The largest absolute Gasteiger partial charge is 0.300 e. The summed E-state index contributed by atoms with van der Waals surface area (Å²) in [5.41, 5.74) is 0. The van der Waals surface area contributed by atoms with E-state index in [1.807, 2.05) is 0 Å². The highest BCUT2D eigenvalue weighted by Crippen LogP contribution is 1.82. The minimum Gasteiger partial charge on any atom is -0.300 e. The maximum absolute atomic E-state index is 10.0. The Hall–Kier alpha value is -0.113. The first-order valence-electron chi connectivity index (χ1n) is 1.91. The molecule has 0 saturated heterocycles. The quantitative estimate of drug-likeness (QED) is 0.462. The molecule has 0 unspecified atom stereocenters. The highest BCUT2D eigenvalue weighted by molar-refractivity contribution is 6.09. The number of hydrogen-bond acceptors (Lipinski definition) is 1. The van der Waals surface area contributed by atoms with E-state index in [2.05, 4.69) is 10.2 Å². The first kappa shape index (κ1) is 5.89. The first-order chi connectivity index (χ1) is 2.77. The van der Waals surface area contributed by atoms with Crippen molar-refractivity contribution in [3.8, 4) is 0 Å². The van der Waals surface area contributed by atoms with Crippen molar-refractivity contribution in [2.45, 2.75) is 19.4 Å². The fraction of sp³-hybridized carbons (Fsp3) is 0.750. The van der Waals surface area contributed by atoms with Gasteiger partial charge in [-0.15, -0.1) is 0 Å². The van der Waals surface area contributed by atoms with Gasteiger partial charge < -0.3 is 4.79 Å². The minimum absolute atomic E-state index is 0.241. The van der Waals surface area contributed by atoms with E-state index in [9.17, 15) is 4.79 Å². The standard InChI is InChI=1S/C4H7OSi/c1-4(5)2-3-6/h2-3H2,1H3. The van der Waals surface area contributed by atoms with Gasteiger partial charge in [-0.05, 0) is 6.92 Å². The molecule has 0 aromatic heterocycles. The lowest BCUT2D eigenvalue weighted by molar-refractivity contribution is -0.116. The Kier molecular flexibility index (Phi) is 3.03. The summed E-state index contributed by atoms with van der Waals surface area (Å²) in [4.78, 5) is 10.0. The number of hydrogen-bond donors (Lipinski definition) is 0. The molecule has 0 N–H and O–H groups in total. The Morgan fingerprint density at radius 2 is 2.33 bits per heavy atom. The van der Waals surface area contributed by atoms with Crippen LogP contribution in [0.3, 0.4) is 0 Å². The van der Waals surface area contributed by atoms with Crippen LogP contribution < -0.4 is 0 Å². The maximum atomic E-state index is 10.0. The molecule has 2 heteroatoms. The second-order valence-electron chi connectivity index (χ2n) is 1.20. The van der Waals surface area contributed by atoms with Gasteiger partial charge in [-0.25, -0.2) is 0 Å². The summed E-state index contributed by atoms with van der Waals surface area (Å²) < 4.78 is 0. The van der Waals surface area contributed by atoms with Gasteiger partial charge in [0.1, 0.15) is 5.78 Å². The molecule has 33 valence electrons. The Labute approximate surface area is 41.2 Å². The molecule has 0 spiro atoms. The fourth-order valence-electron chi connectivity index (χ4n) is 0.176. The SMILES string of the molecule is CC(=O)CC[Si]. The zero-order valence-electron chi connectivity index (χ0n) is 3.82. The third-order valence-corrected chi connectivity index (χ3v) is 0.727. The smallest absolute Gasteiger partial charge is 0.129 e. The predicted octanol–water partition coefficient (Wildman–Crippen LogP) is 0.552. The molecule has 0 bridgehead atoms. The lowest BCUT2D eigenvalue weighted by Gasteiger charge is -1.80. The molecular weight excluding hydrogens is 92.1 g/mol. The molecule has 1 nitrogen and oxygen atoms in total. The highest BCUT2D eigenvalue weighted by atomic mass is 28.1. The molecule has 0 aromatic rings. The van der Waals surface area contributed by atoms with Crippen LogP contribution in [-0.2, 0) is 4.79 Å². The summed E-state index contributed by atoms with van der Waals surface area (Å²) >= 11 is 0. The summed E-state index contributed by atoms with van der Waals surface area (Å²) in [5, 5.41) is 0. The van der Waals surface area contributed by atoms with Crippen LogP contribution in [0.1, 0.15) is 13.3 Å². The first-order valence-corrected chi connectivity index (χ1v) is 2.62. The lowest BCUT2D eigenvalue weighted by Crippen LogP contribution is -1.85. The summed E-state index contributed by atoms with van der Waals surface area (Å²) in [6.45, 7) is 1.58. The predicted molar refractivity (Wildman–Crippen MR) is 25.9 cm³/mol. The Morgan fingerprint density at radius 1 is 1.83 bits per heavy atom. The van der Waals surface area contributed by atoms with E-state index in [-0.39, 0.29) is 5.78 Å². The van der Waals surface area contributed by atoms with Crippen LogP contribution in [-0.4, -0.2) is 16.0 Å². The summed E-state index contributed by atoms with van der Waals surface area (Å²) in [6, 6.07) is 0.787. The van der Waals surface area contributed by atoms with Crippen molar-refractivity contribution in [3.05, 3.63) is 0 Å². The zero-order chi connectivity index (χ0) is 4.99. The van der Waals surface area contributed by atoms with E-state index >= 15 is 0 Å². The molecule has 0 amide bonds. The molecule has 0 aliphatic rings. The molecule has 6 heavy (non-hydrogen) atoms. The van der Waals surface area contributed by atoms with Crippen molar-refractivity contribution in [3.63, 3.8) is 0 Å². The number of carbonyl (C=O) groups is 1. The zero-order valence-corrected chi connectivity index (χ0v) is 4.82. The highest BCUT2D eigenvalue weighted by Gasteiger charge is 1.83. The van der Waals surface area contributed by atoms with Gasteiger partial charge >= 0.3 is 0 Å². The van der Waals surface area contributed by atoms with E-state index in [1.54, 1.807) is 6.92 Å². The van der Waals surface area contributed by atoms with E-state index in [0.717, 1.165) is 6.04 Å². The molecule has 0 fully saturated rings. The monoisotopic (exact) mass is 99.0 g/mol. The second kappa shape index (κ2) is 3.09. The molecule has 0 aliphatic heterocycles. The van der Waals surface area contributed by atoms with Crippen molar-refractivity contribution in [1.82, 2.24) is 0 Å². The van der Waals surface area contributed by atoms with Gasteiger partial charge in [0.05, 0.1) is 0 Å². The Bertz CT molecular complexity index is 51.5. The Morgan fingerprint density at radius 3 is 2.33 bits per heavy atom. The number of Topliss-reactive ketones (excluding diaryl/α,β-unsaturated/α-hetero) is 1. The van der Waals surface area contributed by atoms with Gasteiger partial charge in [0.15, 0.2) is 0 Å². The van der Waals surface area contributed by atoms with Gasteiger partial charge in [0.25, 0.3) is 0 Å². The van der Waals surface area contributed by atoms with Gasteiger partial charge in [-0.3, -0.25) is 0 Å². The number of carbonyl (C=O) groups excluding carboxylic acids is 1. The minimum atomic E-state index is 0.241. The van der Waals surface area contributed by atoms with Crippen LogP contribution in [0.4, 0.5) is 0 Å². The molecule has 0 rings (SSSR count). The third kappa shape index (κ3) is 3.89. The van der Waals surface area contributed by atoms with Crippen LogP contribution in [0.25, 0.3) is 0 Å². The molecule has 0 heterocycles. The van der Waals surface area contributed by atoms with Crippen LogP contribution in [0, 0.1) is 0 Å².